The van der Waals surface area contributed by atoms with Gasteiger partial charge in [0, 0.05) is 31.8 Å². The number of piperidine rings is 1. The van der Waals surface area contributed by atoms with Crippen LogP contribution >= 0.6 is 0 Å². The zero-order valence-electron chi connectivity index (χ0n) is 16.0. The van der Waals surface area contributed by atoms with Crippen LogP contribution in [0.5, 0.6) is 0 Å². The Morgan fingerprint density at radius 2 is 1.82 bits per heavy atom. The van der Waals surface area contributed by atoms with Crippen LogP contribution in [-0.4, -0.2) is 27.7 Å². The molecule has 1 saturated heterocycles. The number of hydrogen-bond acceptors (Lipinski definition) is 3. The van der Waals surface area contributed by atoms with Crippen molar-refractivity contribution in [2.45, 2.75) is 44.9 Å². The number of aryl methyl sites for hydroxylation is 1. The summed E-state index contributed by atoms with van der Waals surface area (Å²) < 4.78 is 29.4. The maximum atomic E-state index is 14.1. The predicted molar refractivity (Wildman–Crippen MR) is 105 cm³/mol. The minimum Gasteiger partial charge on any atom is -0.369 e. The third kappa shape index (κ3) is 3.15. The Bertz CT molecular complexity index is 1020. The van der Waals surface area contributed by atoms with E-state index < -0.39 is 11.6 Å². The van der Waals surface area contributed by atoms with Gasteiger partial charge in [-0.1, -0.05) is 0 Å². The lowest BCUT2D eigenvalue weighted by molar-refractivity contribution is 0.494. The summed E-state index contributed by atoms with van der Waals surface area (Å²) in [7, 11) is 0. The Morgan fingerprint density at radius 1 is 1.04 bits per heavy atom. The molecule has 0 radical (unpaired) electrons. The van der Waals surface area contributed by atoms with Crippen molar-refractivity contribution in [1.29, 1.82) is 0 Å². The molecule has 0 N–H and O–H groups in total. The van der Waals surface area contributed by atoms with Gasteiger partial charge in [0.05, 0.1) is 5.69 Å². The summed E-state index contributed by atoms with van der Waals surface area (Å²) >= 11 is 0. The van der Waals surface area contributed by atoms with Gasteiger partial charge in [0.1, 0.15) is 17.5 Å². The van der Waals surface area contributed by atoms with Gasteiger partial charge in [0.15, 0.2) is 5.65 Å². The third-order valence-corrected chi connectivity index (χ3v) is 6.29. The standard InChI is InChI=1S/C22H24F2N4/c1-14-18(8-11-28-21(12-15-2-3-15)25-26-22(14)28)16-6-9-27(10-7-16)20-5-4-17(23)13-19(20)24/h4-5,8,11,13,15-16H,2-3,6-7,9-10,12H2,1H3. The SMILES string of the molecule is Cc1c(C2CCN(c3ccc(F)cc3F)CC2)ccn2c(CC3CC3)nnc12. The van der Waals surface area contributed by atoms with Crippen LogP contribution in [-0.2, 0) is 6.42 Å². The molecule has 0 unspecified atom stereocenters. The zero-order chi connectivity index (χ0) is 19.3. The molecular weight excluding hydrogens is 358 g/mol. The van der Waals surface area contributed by atoms with Crippen LogP contribution in [0.3, 0.4) is 0 Å². The van der Waals surface area contributed by atoms with Crippen LogP contribution in [0.15, 0.2) is 30.5 Å². The molecule has 1 aromatic carbocycles. The van der Waals surface area contributed by atoms with Gasteiger partial charge in [-0.25, -0.2) is 8.78 Å². The Morgan fingerprint density at radius 3 is 2.54 bits per heavy atom. The topological polar surface area (TPSA) is 33.4 Å². The molecule has 146 valence electrons. The van der Waals surface area contributed by atoms with Crippen molar-refractivity contribution in [2.24, 2.45) is 5.92 Å². The summed E-state index contributed by atoms with van der Waals surface area (Å²) in [5.41, 5.74) is 3.97. The van der Waals surface area contributed by atoms with E-state index in [9.17, 15) is 8.78 Å². The molecule has 1 aliphatic carbocycles. The highest BCUT2D eigenvalue weighted by Gasteiger charge is 2.27. The smallest absolute Gasteiger partial charge is 0.163 e. The fourth-order valence-corrected chi connectivity index (χ4v) is 4.48. The van der Waals surface area contributed by atoms with Crippen molar-refractivity contribution < 1.29 is 8.78 Å². The minimum absolute atomic E-state index is 0.424. The molecular formula is C22H24F2N4. The summed E-state index contributed by atoms with van der Waals surface area (Å²) in [6.45, 7) is 3.65. The van der Waals surface area contributed by atoms with Gasteiger partial charge in [-0.05, 0) is 73.8 Å². The molecule has 0 atom stereocenters. The van der Waals surface area contributed by atoms with Crippen LogP contribution in [0.2, 0.25) is 0 Å². The van der Waals surface area contributed by atoms with Gasteiger partial charge < -0.3 is 4.90 Å². The van der Waals surface area contributed by atoms with Crippen molar-refractivity contribution in [3.63, 3.8) is 0 Å². The van der Waals surface area contributed by atoms with Gasteiger partial charge >= 0.3 is 0 Å². The first kappa shape index (κ1) is 17.6. The van der Waals surface area contributed by atoms with Crippen LogP contribution < -0.4 is 4.90 Å². The molecule has 2 aromatic heterocycles. The Kier molecular flexibility index (Phi) is 4.29. The van der Waals surface area contributed by atoms with Crippen LogP contribution in [0, 0.1) is 24.5 Å². The van der Waals surface area contributed by atoms with Gasteiger partial charge in [-0.15, -0.1) is 10.2 Å². The molecule has 0 amide bonds. The molecule has 0 bridgehead atoms. The largest absolute Gasteiger partial charge is 0.369 e. The second-order valence-corrected chi connectivity index (χ2v) is 8.21. The van der Waals surface area contributed by atoms with E-state index in [4.69, 9.17) is 0 Å². The normalized spacial score (nSPS) is 18.2. The minimum atomic E-state index is -0.533. The summed E-state index contributed by atoms with van der Waals surface area (Å²) in [6, 6.07) is 6.04. The summed E-state index contributed by atoms with van der Waals surface area (Å²) in [4.78, 5) is 2.02. The van der Waals surface area contributed by atoms with Gasteiger partial charge in [-0.3, -0.25) is 4.40 Å². The quantitative estimate of drug-likeness (QED) is 0.658. The lowest BCUT2D eigenvalue weighted by atomic mass is 9.87. The summed E-state index contributed by atoms with van der Waals surface area (Å²) in [5, 5.41) is 8.88. The number of rotatable bonds is 4. The number of aromatic nitrogens is 3. The highest BCUT2D eigenvalue weighted by Crippen LogP contribution is 2.35. The molecule has 1 saturated carbocycles. The Hall–Kier alpha value is -2.50. The number of pyridine rings is 1. The highest BCUT2D eigenvalue weighted by atomic mass is 19.1. The zero-order valence-corrected chi connectivity index (χ0v) is 16.0. The first-order valence-electron chi connectivity index (χ1n) is 10.1. The number of anilines is 1. The maximum Gasteiger partial charge on any atom is 0.163 e. The number of hydrogen-bond donors (Lipinski definition) is 0. The average Bonchev–Trinajstić information content (AvgIpc) is 3.41. The number of benzene rings is 1. The molecule has 28 heavy (non-hydrogen) atoms. The number of halogens is 2. The van der Waals surface area contributed by atoms with Crippen molar-refractivity contribution in [3.8, 4) is 0 Å². The monoisotopic (exact) mass is 382 g/mol. The first-order chi connectivity index (χ1) is 13.6. The van der Waals surface area contributed by atoms with Crippen molar-refractivity contribution in [3.05, 3.63) is 59.0 Å². The van der Waals surface area contributed by atoms with E-state index in [1.807, 2.05) is 4.90 Å². The molecule has 6 heteroatoms. The fourth-order valence-electron chi connectivity index (χ4n) is 4.48. The number of fused-ring (bicyclic) bond motifs is 1. The summed E-state index contributed by atoms with van der Waals surface area (Å²) in [5.74, 6) is 1.25. The molecule has 2 fully saturated rings. The molecule has 4 nitrogen and oxygen atoms in total. The lowest BCUT2D eigenvalue weighted by Crippen LogP contribution is -2.33. The van der Waals surface area contributed by atoms with Gasteiger partial charge in [0.2, 0.25) is 0 Å². The Labute approximate surface area is 163 Å². The van der Waals surface area contributed by atoms with Gasteiger partial charge in [-0.2, -0.15) is 0 Å². The van der Waals surface area contributed by atoms with Crippen LogP contribution in [0.4, 0.5) is 14.5 Å². The maximum absolute atomic E-state index is 14.1. The van der Waals surface area contributed by atoms with Crippen molar-refractivity contribution in [2.75, 3.05) is 18.0 Å². The van der Waals surface area contributed by atoms with E-state index in [0.717, 1.165) is 55.8 Å². The lowest BCUT2D eigenvalue weighted by Gasteiger charge is -2.34. The van der Waals surface area contributed by atoms with E-state index in [0.29, 0.717) is 11.6 Å². The van der Waals surface area contributed by atoms with E-state index in [2.05, 4.69) is 33.8 Å². The third-order valence-electron chi connectivity index (χ3n) is 6.29. The molecule has 0 spiro atoms. The van der Waals surface area contributed by atoms with Gasteiger partial charge in [0.25, 0.3) is 0 Å². The predicted octanol–water partition coefficient (Wildman–Crippen LogP) is 4.65. The Balaban J connectivity index is 1.34. The van der Waals surface area contributed by atoms with E-state index >= 15 is 0 Å². The first-order valence-corrected chi connectivity index (χ1v) is 10.1. The second-order valence-electron chi connectivity index (χ2n) is 8.21. The molecule has 3 aromatic rings. The second kappa shape index (κ2) is 6.83. The highest BCUT2D eigenvalue weighted by molar-refractivity contribution is 5.53. The average molecular weight is 382 g/mol. The van der Waals surface area contributed by atoms with Crippen LogP contribution in [0.25, 0.3) is 5.65 Å². The van der Waals surface area contributed by atoms with Crippen LogP contribution in [0.1, 0.15) is 48.6 Å². The van der Waals surface area contributed by atoms with E-state index in [-0.39, 0.29) is 0 Å². The molecule has 3 heterocycles. The summed E-state index contributed by atoms with van der Waals surface area (Å²) in [6.07, 6.45) is 7.62. The number of nitrogens with zero attached hydrogens (tertiary/aromatic N) is 4. The van der Waals surface area contributed by atoms with Crippen molar-refractivity contribution in [1.82, 2.24) is 14.6 Å². The van der Waals surface area contributed by atoms with Crippen molar-refractivity contribution >= 4 is 11.3 Å². The van der Waals surface area contributed by atoms with E-state index in [1.165, 1.54) is 30.0 Å². The molecule has 1 aliphatic heterocycles. The fraction of sp³-hybridized carbons (Fsp3) is 0.455. The molecule has 5 rings (SSSR count). The van der Waals surface area contributed by atoms with E-state index in [1.54, 1.807) is 6.07 Å². The molecule has 2 aliphatic rings.